The van der Waals surface area contributed by atoms with E-state index in [-0.39, 0.29) is 11.5 Å². The second kappa shape index (κ2) is 4.14. The number of hydrogen-bond donors (Lipinski definition) is 1. The molecule has 116 valence electrons. The highest BCUT2D eigenvalue weighted by Crippen LogP contribution is 2.72. The van der Waals surface area contributed by atoms with E-state index in [1.807, 2.05) is 11.3 Å². The molecule has 1 aromatic rings. The highest BCUT2D eigenvalue weighted by atomic mass is 32.1. The quantitative estimate of drug-likeness (QED) is 0.776. The third-order valence-electron chi connectivity index (χ3n) is 6.58. The minimum atomic E-state index is -0.238. The van der Waals surface area contributed by atoms with Gasteiger partial charge in [0, 0.05) is 15.2 Å². The molecule has 1 nitrogen and oxygen atoms in total. The van der Waals surface area contributed by atoms with Gasteiger partial charge in [-0.2, -0.15) is 0 Å². The number of thiophene rings is 1. The largest absolute Gasteiger partial charge is 0.387 e. The van der Waals surface area contributed by atoms with Crippen molar-refractivity contribution in [3.63, 3.8) is 0 Å². The summed E-state index contributed by atoms with van der Waals surface area (Å²) in [5.74, 6) is 0.854. The Kier molecular flexibility index (Phi) is 2.81. The van der Waals surface area contributed by atoms with Gasteiger partial charge in [0.25, 0.3) is 0 Å². The maximum atomic E-state index is 11.3. The van der Waals surface area contributed by atoms with E-state index in [0.717, 1.165) is 5.92 Å². The fourth-order valence-corrected chi connectivity index (χ4v) is 8.21. The Labute approximate surface area is 132 Å². The maximum absolute atomic E-state index is 11.3. The molecule has 4 aliphatic rings. The highest BCUT2D eigenvalue weighted by molar-refractivity contribution is 7.12. The summed E-state index contributed by atoms with van der Waals surface area (Å²) in [6, 6.07) is 2.24. The molecule has 0 amide bonds. The van der Waals surface area contributed by atoms with Crippen LogP contribution in [0.1, 0.15) is 73.8 Å². The molecule has 3 unspecified atom stereocenters. The predicted octanol–water partition coefficient (Wildman–Crippen LogP) is 5.39. The van der Waals surface area contributed by atoms with Crippen LogP contribution in [0.25, 0.3) is 0 Å². The number of rotatable bonds is 2. The van der Waals surface area contributed by atoms with Crippen molar-refractivity contribution in [2.75, 3.05) is 0 Å². The minimum Gasteiger partial charge on any atom is -0.387 e. The molecule has 3 atom stereocenters. The molecule has 21 heavy (non-hydrogen) atoms. The Morgan fingerprint density at radius 3 is 2.19 bits per heavy atom. The molecule has 4 bridgehead atoms. The Morgan fingerprint density at radius 1 is 1.10 bits per heavy atom. The second-order valence-electron chi connectivity index (χ2n) is 9.30. The topological polar surface area (TPSA) is 20.2 Å². The molecule has 2 heteroatoms. The van der Waals surface area contributed by atoms with Gasteiger partial charge in [0.2, 0.25) is 0 Å². The van der Waals surface area contributed by atoms with Crippen LogP contribution in [0.15, 0.2) is 6.07 Å². The van der Waals surface area contributed by atoms with Crippen molar-refractivity contribution in [2.24, 2.45) is 22.2 Å². The van der Waals surface area contributed by atoms with Crippen molar-refractivity contribution in [2.45, 2.75) is 72.3 Å². The molecule has 0 aliphatic heterocycles. The van der Waals surface area contributed by atoms with Crippen molar-refractivity contribution in [1.82, 2.24) is 0 Å². The third-order valence-corrected chi connectivity index (χ3v) is 7.78. The first-order valence-corrected chi connectivity index (χ1v) is 9.29. The standard InChI is InChI=1S/C19H28OS/c1-12-5-13(2)21-15(12)16(20)19-8-14-6-17(3,10-19)9-18(4,7-14)11-19/h5,14,16,20H,6-11H2,1-4H3. The molecule has 0 aromatic carbocycles. The summed E-state index contributed by atoms with van der Waals surface area (Å²) >= 11 is 1.82. The van der Waals surface area contributed by atoms with E-state index in [1.54, 1.807) is 0 Å². The molecular formula is C19H28OS. The van der Waals surface area contributed by atoms with E-state index in [1.165, 1.54) is 53.8 Å². The summed E-state index contributed by atoms with van der Waals surface area (Å²) in [4.78, 5) is 2.59. The van der Waals surface area contributed by atoms with Crippen molar-refractivity contribution in [1.29, 1.82) is 0 Å². The molecule has 1 aromatic heterocycles. The Bertz CT molecular complexity index is 568. The van der Waals surface area contributed by atoms with Crippen LogP contribution in [0.3, 0.4) is 0 Å². The van der Waals surface area contributed by atoms with Crippen molar-refractivity contribution < 1.29 is 5.11 Å². The Balaban J connectivity index is 1.75. The lowest BCUT2D eigenvalue weighted by Gasteiger charge is -2.66. The Morgan fingerprint density at radius 2 is 1.71 bits per heavy atom. The average Bonchev–Trinajstić information content (AvgIpc) is 2.62. The van der Waals surface area contributed by atoms with Gasteiger partial charge in [-0.05, 0) is 80.8 Å². The van der Waals surface area contributed by atoms with E-state index in [4.69, 9.17) is 0 Å². The van der Waals surface area contributed by atoms with Crippen molar-refractivity contribution >= 4 is 11.3 Å². The zero-order valence-electron chi connectivity index (χ0n) is 13.8. The molecule has 0 spiro atoms. The minimum absolute atomic E-state index is 0.158. The maximum Gasteiger partial charge on any atom is 0.0941 e. The van der Waals surface area contributed by atoms with Crippen LogP contribution in [0.2, 0.25) is 0 Å². The van der Waals surface area contributed by atoms with E-state index in [9.17, 15) is 5.11 Å². The van der Waals surface area contributed by atoms with E-state index < -0.39 is 0 Å². The van der Waals surface area contributed by atoms with Gasteiger partial charge in [-0.15, -0.1) is 11.3 Å². The molecule has 5 rings (SSSR count). The number of hydrogen-bond acceptors (Lipinski definition) is 2. The molecule has 4 aliphatic carbocycles. The van der Waals surface area contributed by atoms with Crippen LogP contribution in [0.5, 0.6) is 0 Å². The molecule has 1 N–H and O–H groups in total. The fraction of sp³-hybridized carbons (Fsp3) is 0.789. The van der Waals surface area contributed by atoms with Crippen LogP contribution >= 0.6 is 11.3 Å². The van der Waals surface area contributed by atoms with Gasteiger partial charge < -0.3 is 5.11 Å². The van der Waals surface area contributed by atoms with Crippen molar-refractivity contribution in [3.05, 3.63) is 21.4 Å². The molecule has 0 saturated heterocycles. The summed E-state index contributed by atoms with van der Waals surface area (Å²) in [6.45, 7) is 9.32. The highest BCUT2D eigenvalue weighted by Gasteiger charge is 2.62. The van der Waals surface area contributed by atoms with Gasteiger partial charge in [-0.3, -0.25) is 0 Å². The van der Waals surface area contributed by atoms with Gasteiger partial charge >= 0.3 is 0 Å². The van der Waals surface area contributed by atoms with Gasteiger partial charge in [0.1, 0.15) is 0 Å². The summed E-state index contributed by atoms with van der Waals surface area (Å²) in [5.41, 5.74) is 2.42. The first kappa shape index (κ1) is 14.3. The molecule has 1 heterocycles. The first-order valence-electron chi connectivity index (χ1n) is 8.48. The zero-order chi connectivity index (χ0) is 15.0. The van der Waals surface area contributed by atoms with Gasteiger partial charge in [-0.1, -0.05) is 13.8 Å². The SMILES string of the molecule is Cc1cc(C)c(C(O)C23CC4CC(C)(CC(C)(C4)C2)C3)s1. The number of aliphatic hydroxyl groups excluding tert-OH is 1. The fourth-order valence-electron chi connectivity index (χ4n) is 7.05. The van der Waals surface area contributed by atoms with Gasteiger partial charge in [-0.25, -0.2) is 0 Å². The smallest absolute Gasteiger partial charge is 0.0941 e. The van der Waals surface area contributed by atoms with Gasteiger partial charge in [0.15, 0.2) is 0 Å². The lowest BCUT2D eigenvalue weighted by Crippen LogP contribution is -2.56. The molecule has 4 saturated carbocycles. The van der Waals surface area contributed by atoms with Crippen LogP contribution in [-0.4, -0.2) is 5.11 Å². The second-order valence-corrected chi connectivity index (χ2v) is 10.6. The number of aliphatic hydroxyl groups is 1. The van der Waals surface area contributed by atoms with Gasteiger partial charge in [0.05, 0.1) is 6.10 Å². The average molecular weight is 304 g/mol. The molecule has 4 fully saturated rings. The zero-order valence-corrected chi connectivity index (χ0v) is 14.6. The summed E-state index contributed by atoms with van der Waals surface area (Å²) in [6.07, 6.45) is 7.69. The van der Waals surface area contributed by atoms with Crippen molar-refractivity contribution in [3.8, 4) is 0 Å². The van der Waals surface area contributed by atoms with E-state index in [2.05, 4.69) is 33.8 Å². The first-order chi connectivity index (χ1) is 9.73. The van der Waals surface area contributed by atoms with E-state index >= 15 is 0 Å². The van der Waals surface area contributed by atoms with Crippen LogP contribution in [0.4, 0.5) is 0 Å². The summed E-state index contributed by atoms with van der Waals surface area (Å²) in [5, 5.41) is 11.3. The van der Waals surface area contributed by atoms with Crippen LogP contribution in [-0.2, 0) is 0 Å². The monoisotopic (exact) mass is 304 g/mol. The molecular weight excluding hydrogens is 276 g/mol. The summed E-state index contributed by atoms with van der Waals surface area (Å²) < 4.78 is 0. The van der Waals surface area contributed by atoms with E-state index in [0.29, 0.717) is 10.8 Å². The lowest BCUT2D eigenvalue weighted by atomic mass is 9.39. The summed E-state index contributed by atoms with van der Waals surface area (Å²) in [7, 11) is 0. The predicted molar refractivity (Wildman–Crippen MR) is 88.6 cm³/mol. The molecule has 0 radical (unpaired) electrons. The van der Waals surface area contributed by atoms with Crippen LogP contribution < -0.4 is 0 Å². The lowest BCUT2D eigenvalue weighted by molar-refractivity contribution is -0.186. The Hall–Kier alpha value is -0.340. The number of aryl methyl sites for hydroxylation is 2. The third kappa shape index (κ3) is 2.05. The van der Waals surface area contributed by atoms with Crippen LogP contribution in [0, 0.1) is 36.0 Å². The normalized spacial score (nSPS) is 46.0.